The minimum atomic E-state index is -0.543. The van der Waals surface area contributed by atoms with Gasteiger partial charge in [-0.1, -0.05) is 99.5 Å². The van der Waals surface area contributed by atoms with Crippen LogP contribution in [0.25, 0.3) is 11.1 Å². The van der Waals surface area contributed by atoms with Crippen molar-refractivity contribution in [2.75, 3.05) is 13.2 Å². The number of hydrogen-bond donors (Lipinski definition) is 1. The van der Waals surface area contributed by atoms with E-state index in [1.165, 1.54) is 16.7 Å². The lowest BCUT2D eigenvalue weighted by molar-refractivity contribution is -0.00499. The van der Waals surface area contributed by atoms with Crippen molar-refractivity contribution in [3.63, 3.8) is 0 Å². The summed E-state index contributed by atoms with van der Waals surface area (Å²) in [6, 6.07) is 26.6. The minimum absolute atomic E-state index is 0.193. The molecule has 4 rings (SSSR count). The molecule has 1 atom stereocenters. The summed E-state index contributed by atoms with van der Waals surface area (Å²) < 4.78 is 12.0. The standard InChI is InChI=1S/C35H44N2O3/c1-6-8-22-35(26-39-25-28-14-10-9-11-15-28)30(24-36-37(35)7-2)23-27-18-20-29(21-19-27)31-16-12-13-17-32(31)33(38)40-34(3,4)5/h9-21,24,36H,6-8,22-23,25-26H2,1-5H3. The molecule has 0 aliphatic carbocycles. The SMILES string of the molecule is CCCCC1(COCc2ccccc2)C(Cc2ccc(-c3ccccc3C(=O)OC(C)(C)C)cc2)=CNN1CC. The molecule has 212 valence electrons. The van der Waals surface area contributed by atoms with Crippen LogP contribution < -0.4 is 5.43 Å². The number of benzene rings is 3. The summed E-state index contributed by atoms with van der Waals surface area (Å²) in [5.41, 5.74) is 9.04. The van der Waals surface area contributed by atoms with Gasteiger partial charge in [-0.25, -0.2) is 9.80 Å². The van der Waals surface area contributed by atoms with E-state index in [1.54, 1.807) is 0 Å². The first kappa shape index (κ1) is 29.6. The van der Waals surface area contributed by atoms with E-state index in [1.807, 2.05) is 51.1 Å². The van der Waals surface area contributed by atoms with Crippen molar-refractivity contribution in [1.29, 1.82) is 0 Å². The molecule has 0 aromatic heterocycles. The Labute approximate surface area is 240 Å². The number of ether oxygens (including phenoxy) is 2. The average Bonchev–Trinajstić information content (AvgIpc) is 3.28. The lowest BCUT2D eigenvalue weighted by atomic mass is 9.82. The third kappa shape index (κ3) is 7.21. The van der Waals surface area contributed by atoms with Crippen LogP contribution in [-0.2, 0) is 22.5 Å². The molecule has 3 aromatic carbocycles. The van der Waals surface area contributed by atoms with E-state index in [9.17, 15) is 4.79 Å². The fourth-order valence-electron chi connectivity index (χ4n) is 5.38. The van der Waals surface area contributed by atoms with Crippen molar-refractivity contribution in [2.24, 2.45) is 0 Å². The second-order valence-electron chi connectivity index (χ2n) is 11.6. The maximum absolute atomic E-state index is 12.9. The summed E-state index contributed by atoms with van der Waals surface area (Å²) in [6.45, 7) is 12.2. The predicted octanol–water partition coefficient (Wildman–Crippen LogP) is 7.72. The van der Waals surface area contributed by atoms with Crippen LogP contribution >= 0.6 is 0 Å². The quantitative estimate of drug-likeness (QED) is 0.238. The first-order valence-corrected chi connectivity index (χ1v) is 14.5. The zero-order chi connectivity index (χ0) is 28.6. The fraction of sp³-hybridized carbons (Fsp3) is 0.400. The minimum Gasteiger partial charge on any atom is -0.456 e. The molecule has 0 bridgehead atoms. The van der Waals surface area contributed by atoms with Crippen LogP contribution in [0.3, 0.4) is 0 Å². The fourth-order valence-corrected chi connectivity index (χ4v) is 5.38. The second kappa shape index (κ2) is 13.3. The molecule has 0 spiro atoms. The number of likely N-dealkylation sites (N-methyl/N-ethyl adjacent to an activating group) is 1. The van der Waals surface area contributed by atoms with E-state index >= 15 is 0 Å². The summed E-state index contributed by atoms with van der Waals surface area (Å²) in [5.74, 6) is -0.301. The van der Waals surface area contributed by atoms with Crippen LogP contribution in [0.4, 0.5) is 0 Å². The highest BCUT2D eigenvalue weighted by atomic mass is 16.6. The molecule has 0 radical (unpaired) electrons. The lowest BCUT2D eigenvalue weighted by Gasteiger charge is -2.40. The number of hydrogen-bond acceptors (Lipinski definition) is 5. The third-order valence-electron chi connectivity index (χ3n) is 7.43. The summed E-state index contributed by atoms with van der Waals surface area (Å²) in [4.78, 5) is 12.9. The van der Waals surface area contributed by atoms with E-state index in [0.29, 0.717) is 18.8 Å². The maximum Gasteiger partial charge on any atom is 0.339 e. The van der Waals surface area contributed by atoms with Crippen molar-refractivity contribution >= 4 is 5.97 Å². The van der Waals surface area contributed by atoms with Gasteiger partial charge < -0.3 is 14.9 Å². The number of carbonyl (C=O) groups excluding carboxylic acids is 1. The van der Waals surface area contributed by atoms with Crippen LogP contribution in [0.1, 0.15) is 75.4 Å². The molecule has 0 saturated heterocycles. The molecule has 1 N–H and O–H groups in total. The Bertz CT molecular complexity index is 1280. The predicted molar refractivity (Wildman–Crippen MR) is 163 cm³/mol. The normalized spacial score (nSPS) is 17.4. The molecule has 1 heterocycles. The summed E-state index contributed by atoms with van der Waals surface area (Å²) in [7, 11) is 0. The van der Waals surface area contributed by atoms with E-state index in [0.717, 1.165) is 43.4 Å². The van der Waals surface area contributed by atoms with Crippen molar-refractivity contribution in [3.05, 3.63) is 107 Å². The van der Waals surface area contributed by atoms with E-state index < -0.39 is 5.60 Å². The third-order valence-corrected chi connectivity index (χ3v) is 7.43. The Morgan fingerprint density at radius 1 is 0.900 bits per heavy atom. The number of rotatable bonds is 12. The van der Waals surface area contributed by atoms with Gasteiger partial charge in [0.1, 0.15) is 5.60 Å². The van der Waals surface area contributed by atoms with E-state index in [-0.39, 0.29) is 11.5 Å². The Hall–Kier alpha value is -3.41. The van der Waals surface area contributed by atoms with Crippen molar-refractivity contribution < 1.29 is 14.3 Å². The smallest absolute Gasteiger partial charge is 0.339 e. The van der Waals surface area contributed by atoms with Gasteiger partial charge in [0.25, 0.3) is 0 Å². The maximum atomic E-state index is 12.9. The zero-order valence-electron chi connectivity index (χ0n) is 24.7. The first-order chi connectivity index (χ1) is 19.3. The Balaban J connectivity index is 1.53. The highest BCUT2D eigenvalue weighted by molar-refractivity contribution is 5.97. The van der Waals surface area contributed by atoms with Crippen LogP contribution in [0.5, 0.6) is 0 Å². The molecule has 1 aliphatic heterocycles. The summed E-state index contributed by atoms with van der Waals surface area (Å²) in [6.07, 6.45) is 6.31. The molecular formula is C35H44N2O3. The van der Waals surface area contributed by atoms with Crippen molar-refractivity contribution in [3.8, 4) is 11.1 Å². The van der Waals surface area contributed by atoms with E-state index in [4.69, 9.17) is 9.47 Å². The molecule has 5 nitrogen and oxygen atoms in total. The number of esters is 1. The van der Waals surface area contributed by atoms with Gasteiger partial charge in [0.05, 0.1) is 24.3 Å². The highest BCUT2D eigenvalue weighted by Crippen LogP contribution is 2.36. The number of carbonyl (C=O) groups is 1. The molecule has 1 unspecified atom stereocenters. The van der Waals surface area contributed by atoms with Gasteiger partial charge in [-0.05, 0) is 67.5 Å². The Morgan fingerprint density at radius 2 is 1.60 bits per heavy atom. The molecular weight excluding hydrogens is 496 g/mol. The van der Waals surface area contributed by atoms with Crippen LogP contribution in [0.15, 0.2) is 90.6 Å². The Morgan fingerprint density at radius 3 is 2.27 bits per heavy atom. The van der Waals surface area contributed by atoms with Gasteiger partial charge in [-0.3, -0.25) is 0 Å². The molecule has 0 fully saturated rings. The molecule has 3 aromatic rings. The zero-order valence-corrected chi connectivity index (χ0v) is 24.7. The monoisotopic (exact) mass is 540 g/mol. The number of unbranched alkanes of at least 4 members (excludes halogenated alkanes) is 1. The number of hydrazine groups is 1. The van der Waals surface area contributed by atoms with Gasteiger partial charge in [0, 0.05) is 12.7 Å². The average molecular weight is 541 g/mol. The molecule has 0 amide bonds. The van der Waals surface area contributed by atoms with E-state index in [2.05, 4.69) is 79.0 Å². The van der Waals surface area contributed by atoms with Gasteiger partial charge in [-0.15, -0.1) is 0 Å². The van der Waals surface area contributed by atoms with Gasteiger partial charge in [0.2, 0.25) is 0 Å². The summed E-state index contributed by atoms with van der Waals surface area (Å²) in [5, 5.41) is 2.34. The van der Waals surface area contributed by atoms with Gasteiger partial charge >= 0.3 is 5.97 Å². The van der Waals surface area contributed by atoms with Gasteiger partial charge in [0.15, 0.2) is 0 Å². The second-order valence-corrected chi connectivity index (χ2v) is 11.6. The molecule has 40 heavy (non-hydrogen) atoms. The number of nitrogens with one attached hydrogen (secondary N) is 1. The van der Waals surface area contributed by atoms with Gasteiger partial charge in [-0.2, -0.15) is 0 Å². The molecule has 5 heteroatoms. The topological polar surface area (TPSA) is 50.8 Å². The summed E-state index contributed by atoms with van der Waals surface area (Å²) >= 11 is 0. The van der Waals surface area contributed by atoms with Crippen LogP contribution in [0.2, 0.25) is 0 Å². The molecule has 1 aliphatic rings. The first-order valence-electron chi connectivity index (χ1n) is 14.5. The van der Waals surface area contributed by atoms with Crippen molar-refractivity contribution in [2.45, 2.75) is 78.0 Å². The molecule has 0 saturated carbocycles. The number of nitrogens with zero attached hydrogens (tertiary/aromatic N) is 1. The largest absolute Gasteiger partial charge is 0.456 e. The highest BCUT2D eigenvalue weighted by Gasteiger charge is 2.43. The van der Waals surface area contributed by atoms with Crippen molar-refractivity contribution in [1.82, 2.24) is 10.4 Å². The lowest BCUT2D eigenvalue weighted by Crippen LogP contribution is -2.53. The van der Waals surface area contributed by atoms with Crippen LogP contribution in [-0.4, -0.2) is 35.3 Å². The Kier molecular flexibility index (Phi) is 9.83. The van der Waals surface area contributed by atoms with Crippen LogP contribution in [0, 0.1) is 0 Å².